The van der Waals surface area contributed by atoms with E-state index in [2.05, 4.69) is 16.0 Å². The van der Waals surface area contributed by atoms with E-state index in [1.807, 2.05) is 25.1 Å². The molecule has 0 aromatic heterocycles. The molecule has 0 aliphatic rings. The number of carbonyl (C=O) groups is 2. The van der Waals surface area contributed by atoms with Gasteiger partial charge in [0.1, 0.15) is 5.75 Å². The average Bonchev–Trinajstić information content (AvgIpc) is 2.56. The van der Waals surface area contributed by atoms with Gasteiger partial charge >= 0.3 is 0 Å². The minimum atomic E-state index is -0.163. The molecule has 0 bridgehead atoms. The van der Waals surface area contributed by atoms with Gasteiger partial charge in [0.05, 0.1) is 13.7 Å². The maximum absolute atomic E-state index is 12.0. The Morgan fingerprint density at radius 2 is 1.67 bits per heavy atom. The van der Waals surface area contributed by atoms with Gasteiger partial charge < -0.3 is 20.7 Å². The molecule has 0 radical (unpaired) electrons. The molecule has 2 aromatic rings. The Morgan fingerprint density at radius 1 is 1.00 bits per heavy atom. The average molecular weight is 327 g/mol. The predicted molar refractivity (Wildman–Crippen MR) is 95.6 cm³/mol. The van der Waals surface area contributed by atoms with E-state index in [0.717, 1.165) is 22.7 Å². The normalized spacial score (nSPS) is 9.96. The zero-order valence-corrected chi connectivity index (χ0v) is 14.0. The molecule has 0 fully saturated rings. The molecule has 6 nitrogen and oxygen atoms in total. The van der Waals surface area contributed by atoms with Crippen molar-refractivity contribution in [2.24, 2.45) is 0 Å². The lowest BCUT2D eigenvalue weighted by molar-refractivity contribution is -0.115. The molecule has 3 N–H and O–H groups in total. The van der Waals surface area contributed by atoms with E-state index in [1.165, 1.54) is 6.92 Å². The van der Waals surface area contributed by atoms with Crippen molar-refractivity contribution in [3.63, 3.8) is 0 Å². The largest absolute Gasteiger partial charge is 0.497 e. The smallest absolute Gasteiger partial charge is 0.243 e. The van der Waals surface area contributed by atoms with E-state index in [1.54, 1.807) is 31.4 Å². The molecule has 6 heteroatoms. The van der Waals surface area contributed by atoms with Crippen LogP contribution in [0.4, 0.5) is 17.1 Å². The van der Waals surface area contributed by atoms with Crippen molar-refractivity contribution in [2.45, 2.75) is 13.8 Å². The van der Waals surface area contributed by atoms with Crippen molar-refractivity contribution < 1.29 is 14.3 Å². The molecule has 0 saturated heterocycles. The monoisotopic (exact) mass is 327 g/mol. The molecule has 0 heterocycles. The molecule has 0 saturated carbocycles. The van der Waals surface area contributed by atoms with Gasteiger partial charge in [-0.15, -0.1) is 0 Å². The van der Waals surface area contributed by atoms with Crippen LogP contribution >= 0.6 is 0 Å². The number of nitrogens with one attached hydrogen (secondary N) is 3. The quantitative estimate of drug-likeness (QED) is 0.762. The van der Waals surface area contributed by atoms with E-state index in [4.69, 9.17) is 4.74 Å². The second-order valence-corrected chi connectivity index (χ2v) is 5.29. The highest BCUT2D eigenvalue weighted by Crippen LogP contribution is 2.23. The third-order valence-electron chi connectivity index (χ3n) is 3.46. The summed E-state index contributed by atoms with van der Waals surface area (Å²) in [6.07, 6.45) is 0. The fourth-order valence-electron chi connectivity index (χ4n) is 2.21. The van der Waals surface area contributed by atoms with Crippen LogP contribution < -0.4 is 20.7 Å². The number of hydrogen-bond acceptors (Lipinski definition) is 4. The summed E-state index contributed by atoms with van der Waals surface area (Å²) in [6, 6.07) is 12.6. The highest BCUT2D eigenvalue weighted by molar-refractivity contribution is 5.94. The summed E-state index contributed by atoms with van der Waals surface area (Å²) in [7, 11) is 1.59. The molecule has 24 heavy (non-hydrogen) atoms. The third-order valence-corrected chi connectivity index (χ3v) is 3.46. The maximum atomic E-state index is 12.0. The molecule has 0 aliphatic heterocycles. The van der Waals surface area contributed by atoms with Gasteiger partial charge in [0.25, 0.3) is 0 Å². The lowest BCUT2D eigenvalue weighted by atomic mass is 10.1. The molecule has 2 amide bonds. The van der Waals surface area contributed by atoms with Crippen LogP contribution in [0.15, 0.2) is 42.5 Å². The van der Waals surface area contributed by atoms with Gasteiger partial charge in [0.2, 0.25) is 11.8 Å². The van der Waals surface area contributed by atoms with Crippen LogP contribution in [0.5, 0.6) is 5.75 Å². The van der Waals surface area contributed by atoms with Crippen molar-refractivity contribution in [2.75, 3.05) is 29.6 Å². The van der Waals surface area contributed by atoms with E-state index >= 15 is 0 Å². The van der Waals surface area contributed by atoms with Crippen molar-refractivity contribution >= 4 is 28.9 Å². The van der Waals surface area contributed by atoms with Crippen molar-refractivity contribution in [1.29, 1.82) is 0 Å². The van der Waals surface area contributed by atoms with Crippen LogP contribution in [0.25, 0.3) is 0 Å². The van der Waals surface area contributed by atoms with Crippen LogP contribution in [0.3, 0.4) is 0 Å². The number of methoxy groups -OCH3 is 1. The van der Waals surface area contributed by atoms with E-state index in [-0.39, 0.29) is 18.4 Å². The topological polar surface area (TPSA) is 79.5 Å². The summed E-state index contributed by atoms with van der Waals surface area (Å²) in [5.74, 6) is 0.438. The van der Waals surface area contributed by atoms with Crippen LogP contribution in [-0.2, 0) is 9.59 Å². The molecule has 126 valence electrons. The second kappa shape index (κ2) is 8.01. The first-order valence-corrected chi connectivity index (χ1v) is 7.54. The van der Waals surface area contributed by atoms with Gasteiger partial charge in [0.15, 0.2) is 0 Å². The number of hydrogen-bond donors (Lipinski definition) is 3. The fraction of sp³-hybridized carbons (Fsp3) is 0.222. The first kappa shape index (κ1) is 17.3. The van der Waals surface area contributed by atoms with Gasteiger partial charge in [0, 0.05) is 24.0 Å². The standard InChI is InChI=1S/C18H21N3O3/c1-12-16(5-4-6-17(12)20-13(2)22)19-11-18(23)21-14-7-9-15(24-3)10-8-14/h4-10,19H,11H2,1-3H3,(H,20,22)(H,21,23). The molecular weight excluding hydrogens is 306 g/mol. The first-order valence-electron chi connectivity index (χ1n) is 7.54. The number of carbonyl (C=O) groups excluding carboxylic acids is 2. The summed E-state index contributed by atoms with van der Waals surface area (Å²) in [5.41, 5.74) is 3.10. The molecule has 0 atom stereocenters. The van der Waals surface area contributed by atoms with Gasteiger partial charge in [-0.25, -0.2) is 0 Å². The second-order valence-electron chi connectivity index (χ2n) is 5.29. The van der Waals surface area contributed by atoms with Gasteiger partial charge in [-0.1, -0.05) is 6.07 Å². The lowest BCUT2D eigenvalue weighted by Crippen LogP contribution is -2.22. The van der Waals surface area contributed by atoms with Crippen LogP contribution in [0.1, 0.15) is 12.5 Å². The number of ether oxygens (including phenoxy) is 1. The van der Waals surface area contributed by atoms with E-state index < -0.39 is 0 Å². The molecule has 0 unspecified atom stereocenters. The Hall–Kier alpha value is -3.02. The Labute approximate surface area is 141 Å². The Kier molecular flexibility index (Phi) is 5.78. The summed E-state index contributed by atoms with van der Waals surface area (Å²) in [5, 5.41) is 8.64. The number of rotatable bonds is 6. The van der Waals surface area contributed by atoms with Crippen LogP contribution in [0, 0.1) is 6.92 Å². The van der Waals surface area contributed by atoms with Crippen LogP contribution in [0.2, 0.25) is 0 Å². The summed E-state index contributed by atoms with van der Waals surface area (Å²) in [6.45, 7) is 3.47. The number of amides is 2. The zero-order chi connectivity index (χ0) is 17.5. The lowest BCUT2D eigenvalue weighted by Gasteiger charge is -2.13. The Morgan fingerprint density at radius 3 is 2.29 bits per heavy atom. The maximum Gasteiger partial charge on any atom is 0.243 e. The van der Waals surface area contributed by atoms with Gasteiger partial charge in [-0.3, -0.25) is 9.59 Å². The van der Waals surface area contributed by atoms with Crippen molar-refractivity contribution in [3.05, 3.63) is 48.0 Å². The van der Waals surface area contributed by atoms with Crippen LogP contribution in [-0.4, -0.2) is 25.5 Å². The van der Waals surface area contributed by atoms with Gasteiger partial charge in [-0.05, 0) is 48.9 Å². The first-order chi connectivity index (χ1) is 11.5. The highest BCUT2D eigenvalue weighted by atomic mass is 16.5. The molecule has 2 aromatic carbocycles. The fourth-order valence-corrected chi connectivity index (χ4v) is 2.21. The Bertz CT molecular complexity index is 727. The molecular formula is C18H21N3O3. The summed E-state index contributed by atoms with van der Waals surface area (Å²) in [4.78, 5) is 23.2. The summed E-state index contributed by atoms with van der Waals surface area (Å²) < 4.78 is 5.08. The minimum absolute atomic E-state index is 0.121. The predicted octanol–water partition coefficient (Wildman–Crippen LogP) is 3.01. The Balaban J connectivity index is 1.94. The van der Waals surface area contributed by atoms with E-state index in [9.17, 15) is 9.59 Å². The zero-order valence-electron chi connectivity index (χ0n) is 14.0. The molecule has 0 spiro atoms. The summed E-state index contributed by atoms with van der Waals surface area (Å²) >= 11 is 0. The van der Waals surface area contributed by atoms with Crippen molar-refractivity contribution in [3.8, 4) is 5.75 Å². The highest BCUT2D eigenvalue weighted by Gasteiger charge is 2.07. The SMILES string of the molecule is COc1ccc(NC(=O)CNc2cccc(NC(C)=O)c2C)cc1. The van der Waals surface area contributed by atoms with E-state index in [0.29, 0.717) is 5.69 Å². The molecule has 0 aliphatic carbocycles. The van der Waals surface area contributed by atoms with Gasteiger partial charge in [-0.2, -0.15) is 0 Å². The van der Waals surface area contributed by atoms with Crippen molar-refractivity contribution in [1.82, 2.24) is 0 Å². The third kappa shape index (κ3) is 4.74. The number of anilines is 3. The minimum Gasteiger partial charge on any atom is -0.497 e. The molecule has 2 rings (SSSR count). The number of benzene rings is 2.